The quantitative estimate of drug-likeness (QED) is 0.672. The molecule has 6 nitrogen and oxygen atoms in total. The number of hydrogen-bond acceptors (Lipinski definition) is 5. The van der Waals surface area contributed by atoms with Gasteiger partial charge in [-0.15, -0.1) is 0 Å². The average molecular weight is 376 g/mol. The van der Waals surface area contributed by atoms with Crippen LogP contribution in [0.5, 0.6) is 5.75 Å². The second-order valence-electron chi connectivity index (χ2n) is 6.66. The number of nitrogens with zero attached hydrogens (tertiary/aromatic N) is 2. The number of methoxy groups -OCH3 is 1. The van der Waals surface area contributed by atoms with Crippen molar-refractivity contribution in [1.29, 1.82) is 0 Å². The first kappa shape index (κ1) is 19.4. The molecular formula is C22H24N4O2. The molecule has 1 amide bonds. The highest BCUT2D eigenvalue weighted by atomic mass is 16.5. The Kier molecular flexibility index (Phi) is 5.89. The monoisotopic (exact) mass is 376 g/mol. The van der Waals surface area contributed by atoms with Crippen molar-refractivity contribution in [1.82, 2.24) is 9.97 Å². The van der Waals surface area contributed by atoms with E-state index in [1.54, 1.807) is 13.2 Å². The fourth-order valence-corrected chi connectivity index (χ4v) is 2.84. The van der Waals surface area contributed by atoms with Gasteiger partial charge < -0.3 is 15.4 Å². The molecule has 0 aliphatic heterocycles. The summed E-state index contributed by atoms with van der Waals surface area (Å²) in [5.74, 6) is 0.923. The van der Waals surface area contributed by atoms with E-state index in [1.165, 1.54) is 0 Å². The van der Waals surface area contributed by atoms with Gasteiger partial charge in [-0.3, -0.25) is 4.79 Å². The number of carbonyl (C=O) groups is 1. The van der Waals surface area contributed by atoms with Crippen LogP contribution < -0.4 is 15.4 Å². The van der Waals surface area contributed by atoms with Gasteiger partial charge in [0, 0.05) is 23.5 Å². The predicted molar refractivity (Wildman–Crippen MR) is 111 cm³/mol. The molecule has 0 atom stereocenters. The van der Waals surface area contributed by atoms with Crippen LogP contribution in [-0.4, -0.2) is 23.0 Å². The van der Waals surface area contributed by atoms with E-state index in [9.17, 15) is 4.79 Å². The van der Waals surface area contributed by atoms with Gasteiger partial charge >= 0.3 is 0 Å². The summed E-state index contributed by atoms with van der Waals surface area (Å²) < 4.78 is 5.36. The van der Waals surface area contributed by atoms with Crippen LogP contribution in [0.4, 0.5) is 11.6 Å². The number of carbonyl (C=O) groups excluding carboxylic acids is 1. The smallest absolute Gasteiger partial charge is 0.274 e. The van der Waals surface area contributed by atoms with Gasteiger partial charge in [-0.05, 0) is 50.1 Å². The molecule has 0 radical (unpaired) electrons. The summed E-state index contributed by atoms with van der Waals surface area (Å²) in [6, 6.07) is 15.3. The third kappa shape index (κ3) is 4.65. The lowest BCUT2D eigenvalue weighted by molar-refractivity contribution is 0.102. The number of rotatable bonds is 6. The van der Waals surface area contributed by atoms with E-state index in [0.717, 1.165) is 28.1 Å². The Morgan fingerprint density at radius 3 is 2.61 bits per heavy atom. The number of anilines is 2. The number of benzene rings is 2. The van der Waals surface area contributed by atoms with Gasteiger partial charge in [0.2, 0.25) is 5.95 Å². The maximum Gasteiger partial charge on any atom is 0.274 e. The molecule has 0 unspecified atom stereocenters. The molecule has 144 valence electrons. The maximum atomic E-state index is 12.7. The van der Waals surface area contributed by atoms with Gasteiger partial charge in [0.15, 0.2) is 0 Å². The third-order valence-electron chi connectivity index (χ3n) is 4.36. The number of aromatic nitrogens is 2. The van der Waals surface area contributed by atoms with Crippen LogP contribution in [0.15, 0.2) is 48.5 Å². The molecule has 3 rings (SSSR count). The molecule has 1 heterocycles. The number of para-hydroxylation sites is 1. The van der Waals surface area contributed by atoms with Gasteiger partial charge in [0.25, 0.3) is 5.91 Å². The number of ether oxygens (including phenoxy) is 1. The summed E-state index contributed by atoms with van der Waals surface area (Å²) in [5, 5.41) is 6.11. The van der Waals surface area contributed by atoms with Crippen LogP contribution in [0.25, 0.3) is 0 Å². The standard InChI is InChI=1S/C22H24N4O2/c1-14-9-10-15(2)18(11-14)25-21(27)19-12-16(3)24-22(26-19)23-13-17-7-5-6-8-20(17)28-4/h5-12H,13H2,1-4H3,(H,25,27)(H,23,24,26). The minimum Gasteiger partial charge on any atom is -0.496 e. The zero-order chi connectivity index (χ0) is 20.1. The molecule has 0 aliphatic rings. The first-order valence-electron chi connectivity index (χ1n) is 9.06. The molecule has 1 aromatic heterocycles. The lowest BCUT2D eigenvalue weighted by Crippen LogP contribution is -2.17. The van der Waals surface area contributed by atoms with Crippen molar-refractivity contribution in [3.05, 3.63) is 76.6 Å². The number of hydrogen-bond donors (Lipinski definition) is 2. The summed E-state index contributed by atoms with van der Waals surface area (Å²) in [7, 11) is 1.64. The van der Waals surface area contributed by atoms with Crippen LogP contribution in [0.1, 0.15) is 32.9 Å². The van der Waals surface area contributed by atoms with E-state index in [0.29, 0.717) is 23.9 Å². The largest absolute Gasteiger partial charge is 0.496 e. The van der Waals surface area contributed by atoms with Crippen molar-refractivity contribution >= 4 is 17.5 Å². The Balaban J connectivity index is 1.77. The summed E-state index contributed by atoms with van der Waals surface area (Å²) in [5.41, 5.74) is 4.87. The van der Waals surface area contributed by atoms with E-state index < -0.39 is 0 Å². The Bertz CT molecular complexity index is 1000. The van der Waals surface area contributed by atoms with E-state index in [1.807, 2.05) is 63.2 Å². The van der Waals surface area contributed by atoms with Crippen LogP contribution in [-0.2, 0) is 6.54 Å². The molecule has 2 aromatic carbocycles. The van der Waals surface area contributed by atoms with Crippen molar-refractivity contribution in [2.45, 2.75) is 27.3 Å². The Labute approximate surface area is 165 Å². The number of aryl methyl sites for hydroxylation is 3. The fourth-order valence-electron chi connectivity index (χ4n) is 2.84. The van der Waals surface area contributed by atoms with Crippen LogP contribution in [0.3, 0.4) is 0 Å². The Hall–Kier alpha value is -3.41. The van der Waals surface area contributed by atoms with Crippen molar-refractivity contribution in [3.8, 4) is 5.75 Å². The summed E-state index contributed by atoms with van der Waals surface area (Å²) >= 11 is 0. The van der Waals surface area contributed by atoms with Gasteiger partial charge in [-0.2, -0.15) is 0 Å². The molecule has 6 heteroatoms. The van der Waals surface area contributed by atoms with Crippen LogP contribution in [0.2, 0.25) is 0 Å². The Morgan fingerprint density at radius 1 is 1.04 bits per heavy atom. The Morgan fingerprint density at radius 2 is 1.82 bits per heavy atom. The zero-order valence-corrected chi connectivity index (χ0v) is 16.5. The fraction of sp³-hybridized carbons (Fsp3) is 0.227. The zero-order valence-electron chi connectivity index (χ0n) is 16.5. The maximum absolute atomic E-state index is 12.7. The second kappa shape index (κ2) is 8.52. The van der Waals surface area contributed by atoms with E-state index in [-0.39, 0.29) is 5.91 Å². The highest BCUT2D eigenvalue weighted by molar-refractivity contribution is 6.03. The third-order valence-corrected chi connectivity index (χ3v) is 4.36. The highest BCUT2D eigenvalue weighted by Gasteiger charge is 2.13. The van der Waals surface area contributed by atoms with Gasteiger partial charge in [0.1, 0.15) is 11.4 Å². The molecular weight excluding hydrogens is 352 g/mol. The minimum atomic E-state index is -0.264. The van der Waals surface area contributed by atoms with Gasteiger partial charge in [-0.25, -0.2) is 9.97 Å². The molecule has 0 aliphatic carbocycles. The molecule has 0 fully saturated rings. The van der Waals surface area contributed by atoms with Crippen molar-refractivity contribution < 1.29 is 9.53 Å². The lowest BCUT2D eigenvalue weighted by atomic mass is 10.1. The minimum absolute atomic E-state index is 0.264. The topological polar surface area (TPSA) is 76.1 Å². The predicted octanol–water partition coefficient (Wildman–Crippen LogP) is 4.27. The molecule has 0 saturated carbocycles. The van der Waals surface area contributed by atoms with Gasteiger partial charge in [0.05, 0.1) is 7.11 Å². The molecule has 0 bridgehead atoms. The summed E-state index contributed by atoms with van der Waals surface area (Å²) in [6.07, 6.45) is 0. The molecule has 28 heavy (non-hydrogen) atoms. The van der Waals surface area contributed by atoms with Crippen molar-refractivity contribution in [3.63, 3.8) is 0 Å². The first-order chi connectivity index (χ1) is 13.5. The highest BCUT2D eigenvalue weighted by Crippen LogP contribution is 2.19. The number of nitrogens with one attached hydrogen (secondary N) is 2. The summed E-state index contributed by atoms with van der Waals surface area (Å²) in [6.45, 7) is 6.28. The normalized spacial score (nSPS) is 10.4. The summed E-state index contributed by atoms with van der Waals surface area (Å²) in [4.78, 5) is 21.5. The lowest BCUT2D eigenvalue weighted by Gasteiger charge is -2.12. The molecule has 3 aromatic rings. The van der Waals surface area contributed by atoms with E-state index in [4.69, 9.17) is 4.74 Å². The van der Waals surface area contributed by atoms with Crippen molar-refractivity contribution in [2.75, 3.05) is 17.7 Å². The molecule has 0 spiro atoms. The van der Waals surface area contributed by atoms with Crippen molar-refractivity contribution in [2.24, 2.45) is 0 Å². The molecule has 2 N–H and O–H groups in total. The average Bonchev–Trinajstić information content (AvgIpc) is 2.69. The van der Waals surface area contributed by atoms with E-state index in [2.05, 4.69) is 20.6 Å². The van der Waals surface area contributed by atoms with E-state index >= 15 is 0 Å². The molecule has 0 saturated heterocycles. The SMILES string of the molecule is COc1ccccc1CNc1nc(C)cc(C(=O)Nc2cc(C)ccc2C)n1. The first-order valence-corrected chi connectivity index (χ1v) is 9.06. The van der Waals surface area contributed by atoms with Crippen LogP contribution in [0, 0.1) is 20.8 Å². The van der Waals surface area contributed by atoms with Gasteiger partial charge in [-0.1, -0.05) is 30.3 Å². The number of amides is 1. The van der Waals surface area contributed by atoms with Crippen LogP contribution >= 0.6 is 0 Å². The second-order valence-corrected chi connectivity index (χ2v) is 6.66.